The minimum Gasteiger partial charge on any atom is -0.466 e. The molecule has 1 saturated heterocycles. The summed E-state index contributed by atoms with van der Waals surface area (Å²) in [5, 5.41) is 2.78. The molecule has 0 bridgehead atoms. The van der Waals surface area contributed by atoms with Crippen molar-refractivity contribution >= 4 is 26.5 Å². The molecule has 9 nitrogen and oxygen atoms in total. The molecular weight excluding hydrogens is 528 g/mol. The van der Waals surface area contributed by atoms with Gasteiger partial charge < -0.3 is 24.0 Å². The molecule has 1 fully saturated rings. The Balaban J connectivity index is 2.33. The highest BCUT2D eigenvalue weighted by molar-refractivity contribution is 6.74. The van der Waals surface area contributed by atoms with Gasteiger partial charge in [-0.05, 0) is 63.4 Å². The van der Waals surface area contributed by atoms with Gasteiger partial charge in [0.25, 0.3) is 0 Å². The molecule has 0 radical (unpaired) electrons. The molecule has 0 aromatic heterocycles. The normalized spacial score (nSPS) is 18.6. The van der Waals surface area contributed by atoms with Gasteiger partial charge in [-0.1, -0.05) is 57.7 Å². The molecule has 0 unspecified atom stereocenters. The molecule has 2 amide bonds. The number of amides is 2. The average Bonchev–Trinajstić information content (AvgIpc) is 3.24. The molecule has 0 spiro atoms. The van der Waals surface area contributed by atoms with Crippen LogP contribution in [0.3, 0.4) is 0 Å². The Morgan fingerprint density at radius 3 is 2.25 bits per heavy atom. The van der Waals surface area contributed by atoms with Crippen molar-refractivity contribution in [2.45, 2.75) is 103 Å². The molecule has 224 valence electrons. The van der Waals surface area contributed by atoms with Crippen LogP contribution in [0.25, 0.3) is 0 Å². The van der Waals surface area contributed by atoms with Gasteiger partial charge in [-0.15, -0.1) is 0 Å². The Labute approximate surface area is 240 Å². The van der Waals surface area contributed by atoms with Crippen LogP contribution in [0.4, 0.5) is 9.59 Å². The van der Waals surface area contributed by atoms with Crippen molar-refractivity contribution in [1.82, 2.24) is 10.2 Å². The molecule has 1 aromatic carbocycles. The van der Waals surface area contributed by atoms with Gasteiger partial charge in [-0.3, -0.25) is 9.69 Å². The second kappa shape index (κ2) is 13.7. The second-order valence-electron chi connectivity index (χ2n) is 12.6. The number of hydrogen-bond acceptors (Lipinski definition) is 7. The summed E-state index contributed by atoms with van der Waals surface area (Å²) in [5.74, 6) is -0.432. The van der Waals surface area contributed by atoms with Gasteiger partial charge in [0.15, 0.2) is 8.32 Å². The molecule has 40 heavy (non-hydrogen) atoms. The van der Waals surface area contributed by atoms with E-state index in [2.05, 4.69) is 45.8 Å². The van der Waals surface area contributed by atoms with Crippen molar-refractivity contribution in [2.24, 2.45) is 0 Å². The van der Waals surface area contributed by atoms with E-state index in [0.29, 0.717) is 18.5 Å². The molecule has 0 saturated carbocycles. The molecule has 10 heteroatoms. The zero-order valence-corrected chi connectivity index (χ0v) is 26.7. The van der Waals surface area contributed by atoms with E-state index in [1.807, 2.05) is 45.0 Å². The van der Waals surface area contributed by atoms with Gasteiger partial charge in [0.05, 0.1) is 31.2 Å². The largest absolute Gasteiger partial charge is 0.466 e. The summed E-state index contributed by atoms with van der Waals surface area (Å²) in [6.07, 6.45) is 0.909. The standard InChI is InChI=1S/C30H48N2O7Si/c1-11-17-37-27(34)31-24(19-26(33)36-12-2)21-13-15-22(16-14-21)25-18-23(39-40(9,10)30(6,7)8)20-32(25)28(35)38-29(3,4)5/h11,13-16,23-25H,1,12,17-20H2,2-10H3,(H,31,34)/t23-,24-,25-/m1/s1. The van der Waals surface area contributed by atoms with Crippen LogP contribution in [0, 0.1) is 0 Å². The van der Waals surface area contributed by atoms with Crippen molar-refractivity contribution < 1.29 is 33.0 Å². The Bertz CT molecular complexity index is 1030. The molecule has 1 heterocycles. The maximum absolute atomic E-state index is 13.3. The molecule has 1 N–H and O–H groups in total. The smallest absolute Gasteiger partial charge is 0.410 e. The lowest BCUT2D eigenvalue weighted by molar-refractivity contribution is -0.143. The predicted molar refractivity (Wildman–Crippen MR) is 157 cm³/mol. The highest BCUT2D eigenvalue weighted by atomic mass is 28.4. The lowest BCUT2D eigenvalue weighted by atomic mass is 9.98. The summed E-state index contributed by atoms with van der Waals surface area (Å²) >= 11 is 0. The third-order valence-corrected chi connectivity index (χ3v) is 11.7. The number of nitrogens with zero attached hydrogens (tertiary/aromatic N) is 1. The van der Waals surface area contributed by atoms with E-state index in [1.54, 1.807) is 11.8 Å². The summed E-state index contributed by atoms with van der Waals surface area (Å²) in [5.41, 5.74) is 0.999. The number of ether oxygens (including phenoxy) is 3. The number of likely N-dealkylation sites (tertiary alicyclic amines) is 1. The first kappa shape index (κ1) is 33.4. The number of alkyl carbamates (subject to hydrolysis) is 1. The first-order valence-corrected chi connectivity index (χ1v) is 16.8. The van der Waals surface area contributed by atoms with E-state index in [-0.39, 0.29) is 42.9 Å². The number of benzene rings is 1. The zero-order valence-electron chi connectivity index (χ0n) is 25.7. The van der Waals surface area contributed by atoms with Crippen LogP contribution < -0.4 is 5.32 Å². The zero-order chi connectivity index (χ0) is 30.3. The number of esters is 1. The lowest BCUT2D eigenvalue weighted by Crippen LogP contribution is -2.45. The molecular formula is C30H48N2O7Si. The van der Waals surface area contributed by atoms with Gasteiger partial charge in [-0.25, -0.2) is 9.59 Å². The fourth-order valence-corrected chi connectivity index (χ4v) is 5.58. The minimum atomic E-state index is -2.06. The van der Waals surface area contributed by atoms with Crippen molar-refractivity contribution in [1.29, 1.82) is 0 Å². The number of rotatable bonds is 10. The van der Waals surface area contributed by atoms with Crippen LogP contribution in [-0.2, 0) is 23.4 Å². The summed E-state index contributed by atoms with van der Waals surface area (Å²) in [6.45, 7) is 22.6. The Kier molecular flexibility index (Phi) is 11.4. The highest BCUT2D eigenvalue weighted by Crippen LogP contribution is 2.42. The molecule has 1 aromatic rings. The number of hydrogen-bond donors (Lipinski definition) is 1. The quantitative estimate of drug-likeness (QED) is 0.144. The molecule has 0 aliphatic carbocycles. The first-order chi connectivity index (χ1) is 18.5. The van der Waals surface area contributed by atoms with E-state index in [1.165, 1.54) is 6.08 Å². The van der Waals surface area contributed by atoms with E-state index in [4.69, 9.17) is 18.6 Å². The second-order valence-corrected chi connectivity index (χ2v) is 17.4. The van der Waals surface area contributed by atoms with Crippen molar-refractivity contribution in [3.63, 3.8) is 0 Å². The summed E-state index contributed by atoms with van der Waals surface area (Å²) < 4.78 is 22.6. The van der Waals surface area contributed by atoms with Crippen molar-refractivity contribution in [3.8, 4) is 0 Å². The van der Waals surface area contributed by atoms with Crippen LogP contribution in [0.15, 0.2) is 36.9 Å². The van der Waals surface area contributed by atoms with Gasteiger partial charge in [0, 0.05) is 6.54 Å². The lowest BCUT2D eigenvalue weighted by Gasteiger charge is -2.38. The van der Waals surface area contributed by atoms with E-state index >= 15 is 0 Å². The van der Waals surface area contributed by atoms with Crippen LogP contribution in [0.5, 0.6) is 0 Å². The van der Waals surface area contributed by atoms with Gasteiger partial charge in [0.2, 0.25) is 0 Å². The molecule has 1 aliphatic heterocycles. The fraction of sp³-hybridized carbons (Fsp3) is 0.633. The van der Waals surface area contributed by atoms with Crippen LogP contribution in [0.1, 0.15) is 84.5 Å². The molecule has 3 atom stereocenters. The van der Waals surface area contributed by atoms with Gasteiger partial charge >= 0.3 is 18.2 Å². The average molecular weight is 577 g/mol. The van der Waals surface area contributed by atoms with Crippen LogP contribution in [0.2, 0.25) is 18.1 Å². The number of nitrogens with one attached hydrogen (secondary N) is 1. The monoisotopic (exact) mass is 576 g/mol. The molecule has 1 aliphatic rings. The number of carbonyl (C=O) groups is 3. The van der Waals surface area contributed by atoms with Gasteiger partial charge in [-0.2, -0.15) is 0 Å². The fourth-order valence-electron chi connectivity index (χ4n) is 4.22. The van der Waals surface area contributed by atoms with E-state index in [9.17, 15) is 14.4 Å². The van der Waals surface area contributed by atoms with Crippen molar-refractivity contribution in [2.75, 3.05) is 19.8 Å². The molecule has 2 rings (SSSR count). The van der Waals surface area contributed by atoms with Crippen LogP contribution in [-0.4, -0.2) is 62.8 Å². The first-order valence-electron chi connectivity index (χ1n) is 13.9. The Hall–Kier alpha value is -2.85. The predicted octanol–water partition coefficient (Wildman–Crippen LogP) is 6.67. The summed E-state index contributed by atoms with van der Waals surface area (Å²) in [6, 6.07) is 6.64. The van der Waals surface area contributed by atoms with E-state index in [0.717, 1.165) is 5.56 Å². The maximum Gasteiger partial charge on any atom is 0.410 e. The van der Waals surface area contributed by atoms with Crippen LogP contribution >= 0.6 is 0 Å². The summed E-state index contributed by atoms with van der Waals surface area (Å²) in [7, 11) is -2.06. The number of carbonyl (C=O) groups excluding carboxylic acids is 3. The third-order valence-electron chi connectivity index (χ3n) is 7.18. The van der Waals surface area contributed by atoms with E-state index < -0.39 is 32.0 Å². The Morgan fingerprint density at radius 2 is 1.73 bits per heavy atom. The minimum absolute atomic E-state index is 0.0389. The topological polar surface area (TPSA) is 103 Å². The summed E-state index contributed by atoms with van der Waals surface area (Å²) in [4.78, 5) is 39.5. The van der Waals surface area contributed by atoms with Crippen molar-refractivity contribution in [3.05, 3.63) is 48.0 Å². The maximum atomic E-state index is 13.3. The third kappa shape index (κ3) is 9.66. The highest BCUT2D eigenvalue weighted by Gasteiger charge is 2.45. The van der Waals surface area contributed by atoms with Gasteiger partial charge in [0.1, 0.15) is 12.2 Å². The Morgan fingerprint density at radius 1 is 1.10 bits per heavy atom. The SMILES string of the molecule is C=CCOC(=O)N[C@H](CC(=O)OCC)c1ccc([C@H]2C[C@@H](O[Si](C)(C)C(C)(C)C)CN2C(=O)OC(C)(C)C)cc1.